The number of nitrogens with one attached hydrogen (secondary N) is 2. The summed E-state index contributed by atoms with van der Waals surface area (Å²) in [6.07, 6.45) is 14.0. The molecule has 0 heterocycles. The number of terminal acetylenes is 1. The van der Waals surface area contributed by atoms with Crippen molar-refractivity contribution in [3.05, 3.63) is 93.5 Å². The molecule has 2 N–H and O–H groups in total. The van der Waals surface area contributed by atoms with E-state index in [0.717, 1.165) is 45.5 Å². The van der Waals surface area contributed by atoms with Crippen LogP contribution in [-0.4, -0.2) is 90.9 Å². The van der Waals surface area contributed by atoms with Gasteiger partial charge < -0.3 is 34.8 Å². The van der Waals surface area contributed by atoms with Gasteiger partial charge in [-0.25, -0.2) is 0 Å². The Morgan fingerprint density at radius 3 is 1.73 bits per heavy atom. The topological polar surface area (TPSA) is 73.9 Å². The molecule has 0 fully saturated rings. The van der Waals surface area contributed by atoms with Crippen LogP contribution in [-0.2, 0) is 9.59 Å². The number of carbonyl (C=O) groups excluding carboxylic acids is 2. The number of hydrogen-bond acceptors (Lipinski definition) is 7. The van der Waals surface area contributed by atoms with Gasteiger partial charge in [-0.3, -0.25) is 0 Å². The zero-order valence-electron chi connectivity index (χ0n) is 37.2. The maximum Gasteiger partial charge on any atom is 0.129 e. The van der Waals surface area contributed by atoms with Crippen LogP contribution in [0, 0.1) is 12.3 Å². The minimum absolute atomic E-state index is 0.0893. The lowest BCUT2D eigenvalue weighted by Gasteiger charge is -2.39. The summed E-state index contributed by atoms with van der Waals surface area (Å²) in [7, 11) is 12.0. The van der Waals surface area contributed by atoms with Gasteiger partial charge in [-0.15, -0.1) is 6.42 Å². The standard InChI is InChI=1S/C28H29Cl2NO.C5H13N.C4H11N.C3H8.C2H7N.C2H6.2CH2O/c1-6-21-8-17-26(27(18-21)32-7-2)20(4)31(5)28(23-11-15-25(30)16-12-23)19(3)22-9-13-24(29)14-10-22;1-4-5-6(2)3;1-4(2)5-3;2*1-3-2;3*1-2/h1,8-11,13-15,17-19,28H,4,7,12,16H2,2-3,5H3;4-5H2,1-3H3;4-5H,1-3H3;3H2,1-2H3;3H,1-2H3;1-2H3;2*1H2. The van der Waals surface area contributed by atoms with E-state index in [1.165, 1.54) is 30.5 Å². The number of hydrogen-bond donors (Lipinski definition) is 2. The zero-order valence-corrected chi connectivity index (χ0v) is 38.8. The Kier molecular flexibility index (Phi) is 46.2. The Morgan fingerprint density at radius 2 is 1.38 bits per heavy atom. The summed E-state index contributed by atoms with van der Waals surface area (Å²) in [6, 6.07) is 14.6. The lowest BCUT2D eigenvalue weighted by molar-refractivity contribution is -0.0987. The van der Waals surface area contributed by atoms with Crippen LogP contribution in [0.5, 0.6) is 5.75 Å². The molecule has 314 valence electrons. The third-order valence-corrected chi connectivity index (χ3v) is 7.80. The second kappa shape index (κ2) is 41.8. The molecule has 2 unspecified atom stereocenters. The molecule has 0 amide bonds. The van der Waals surface area contributed by atoms with Gasteiger partial charge in [-0.2, -0.15) is 0 Å². The molecular formula is C46H78Cl2N4O3. The molecule has 0 radical (unpaired) electrons. The monoisotopic (exact) mass is 805 g/mol. The van der Waals surface area contributed by atoms with E-state index in [2.05, 4.69) is 114 Å². The number of nitrogens with zero attached hydrogens (tertiary/aromatic N) is 2. The first-order chi connectivity index (χ1) is 26.2. The van der Waals surface area contributed by atoms with E-state index >= 15 is 0 Å². The van der Waals surface area contributed by atoms with Crippen molar-refractivity contribution in [2.75, 3.05) is 55.4 Å². The highest BCUT2D eigenvalue weighted by Crippen LogP contribution is 2.38. The first-order valence-corrected chi connectivity index (χ1v) is 19.9. The van der Waals surface area contributed by atoms with Crippen molar-refractivity contribution in [3.8, 4) is 18.1 Å². The second-order valence-corrected chi connectivity index (χ2v) is 13.4. The molecule has 1 aliphatic carbocycles. The molecule has 1 aliphatic rings. The molecule has 0 bridgehead atoms. The summed E-state index contributed by atoms with van der Waals surface area (Å²) in [5.74, 6) is 3.63. The number of benzene rings is 2. The molecule has 7 nitrogen and oxygen atoms in total. The van der Waals surface area contributed by atoms with Crippen LogP contribution >= 0.6 is 23.2 Å². The summed E-state index contributed by atoms with van der Waals surface area (Å²) >= 11 is 12.4. The Bertz CT molecular complexity index is 1300. The van der Waals surface area contributed by atoms with Crippen LogP contribution in [0.25, 0.3) is 5.70 Å². The van der Waals surface area contributed by atoms with Gasteiger partial charge in [0, 0.05) is 45.9 Å². The molecular weight excluding hydrogens is 727 g/mol. The molecule has 0 spiro atoms. The van der Waals surface area contributed by atoms with Gasteiger partial charge in [0.2, 0.25) is 0 Å². The van der Waals surface area contributed by atoms with E-state index in [9.17, 15) is 0 Å². The van der Waals surface area contributed by atoms with Crippen LogP contribution in [0.3, 0.4) is 0 Å². The summed E-state index contributed by atoms with van der Waals surface area (Å²) in [4.78, 5) is 20.4. The fourth-order valence-electron chi connectivity index (χ4n) is 4.66. The Hall–Kier alpha value is -3.38. The number of likely N-dealkylation sites (N-methyl/N-ethyl adjacent to an activating group) is 1. The fraction of sp³-hybridized carbons (Fsp3) is 0.522. The number of ether oxygens (including phenoxy) is 1. The van der Waals surface area contributed by atoms with Crippen molar-refractivity contribution >= 4 is 42.5 Å². The normalized spacial score (nSPS) is 11.7. The van der Waals surface area contributed by atoms with Crippen molar-refractivity contribution in [1.29, 1.82) is 0 Å². The second-order valence-electron chi connectivity index (χ2n) is 12.4. The maximum atomic E-state index is 8.00. The molecule has 0 aromatic heterocycles. The Balaban J connectivity index is -0.000000299. The van der Waals surface area contributed by atoms with Crippen LogP contribution in [0.1, 0.15) is 111 Å². The van der Waals surface area contributed by atoms with Crippen LogP contribution < -0.4 is 15.4 Å². The van der Waals surface area contributed by atoms with E-state index in [-0.39, 0.29) is 12.0 Å². The Morgan fingerprint density at radius 1 is 0.891 bits per heavy atom. The molecule has 2 aromatic carbocycles. The molecule has 2 aromatic rings. The SMILES string of the molecule is C#Cc1ccc(C(=C)N(C)C(C2=CC=C(Cl)CC2)C(C)c2ccc(Cl)cc2)c(OCC)c1.C=O.C=O.CC.CCC.CCCN(C)C.CNC.CNC(C)C. The van der Waals surface area contributed by atoms with Crippen LogP contribution in [0.2, 0.25) is 5.02 Å². The Labute approximate surface area is 349 Å². The largest absolute Gasteiger partial charge is 0.493 e. The predicted octanol–water partition coefficient (Wildman–Crippen LogP) is 11.1. The first kappa shape index (κ1) is 60.9. The summed E-state index contributed by atoms with van der Waals surface area (Å²) in [5, 5.41) is 7.40. The van der Waals surface area contributed by atoms with Crippen LogP contribution in [0.15, 0.2) is 71.8 Å². The van der Waals surface area contributed by atoms with Crippen molar-refractivity contribution in [2.45, 2.75) is 106 Å². The van der Waals surface area contributed by atoms with E-state index in [1.807, 2.05) is 91.9 Å². The van der Waals surface area contributed by atoms with Crippen molar-refractivity contribution < 1.29 is 14.3 Å². The van der Waals surface area contributed by atoms with Crippen molar-refractivity contribution in [1.82, 2.24) is 20.4 Å². The summed E-state index contributed by atoms with van der Waals surface area (Å²) in [5.41, 5.74) is 5.14. The lowest BCUT2D eigenvalue weighted by atomic mass is 9.83. The van der Waals surface area contributed by atoms with Gasteiger partial charge in [-0.05, 0) is 116 Å². The smallest absolute Gasteiger partial charge is 0.129 e. The van der Waals surface area contributed by atoms with Crippen molar-refractivity contribution in [2.24, 2.45) is 0 Å². The van der Waals surface area contributed by atoms with Gasteiger partial charge in [0.25, 0.3) is 0 Å². The maximum absolute atomic E-state index is 8.00. The van der Waals surface area contributed by atoms with Gasteiger partial charge in [0.1, 0.15) is 19.3 Å². The first-order valence-electron chi connectivity index (χ1n) is 19.2. The number of allylic oxidation sites excluding steroid dienone is 3. The zero-order chi connectivity index (χ0) is 43.9. The van der Waals surface area contributed by atoms with E-state index in [0.29, 0.717) is 12.6 Å². The highest BCUT2D eigenvalue weighted by Gasteiger charge is 2.29. The minimum Gasteiger partial charge on any atom is -0.493 e. The average molecular weight is 806 g/mol. The number of halogens is 2. The van der Waals surface area contributed by atoms with Crippen molar-refractivity contribution in [3.63, 3.8) is 0 Å². The van der Waals surface area contributed by atoms with Gasteiger partial charge >= 0.3 is 0 Å². The summed E-state index contributed by atoms with van der Waals surface area (Å²) in [6.45, 7) is 29.1. The van der Waals surface area contributed by atoms with E-state index in [4.69, 9.17) is 44.0 Å². The van der Waals surface area contributed by atoms with E-state index < -0.39 is 0 Å². The molecule has 0 saturated heterocycles. The summed E-state index contributed by atoms with van der Waals surface area (Å²) < 4.78 is 5.91. The number of carbonyl (C=O) groups is 2. The molecule has 9 heteroatoms. The molecule has 55 heavy (non-hydrogen) atoms. The molecule has 3 rings (SSSR count). The molecule has 2 atom stereocenters. The van der Waals surface area contributed by atoms with Crippen LogP contribution in [0.4, 0.5) is 0 Å². The third-order valence-electron chi connectivity index (χ3n) is 7.23. The third kappa shape index (κ3) is 29.6. The lowest BCUT2D eigenvalue weighted by Crippen LogP contribution is -2.36. The van der Waals surface area contributed by atoms with Gasteiger partial charge in [-0.1, -0.05) is 116 Å². The average Bonchev–Trinajstić information content (AvgIpc) is 3.19. The minimum atomic E-state index is 0.0893. The number of rotatable bonds is 11. The quantitative estimate of drug-likeness (QED) is 0.219. The molecule has 0 aliphatic heterocycles. The van der Waals surface area contributed by atoms with Gasteiger partial charge in [0.15, 0.2) is 0 Å². The van der Waals surface area contributed by atoms with E-state index in [1.54, 1.807) is 0 Å². The highest BCUT2D eigenvalue weighted by atomic mass is 35.5. The predicted molar refractivity (Wildman–Crippen MR) is 247 cm³/mol. The van der Waals surface area contributed by atoms with Gasteiger partial charge in [0.05, 0.1) is 12.6 Å². The highest BCUT2D eigenvalue weighted by molar-refractivity contribution is 6.30. The fourth-order valence-corrected chi connectivity index (χ4v) is 4.94. The molecule has 0 saturated carbocycles.